The molecule has 0 saturated heterocycles. The van der Waals surface area contributed by atoms with Crippen molar-refractivity contribution in [1.82, 2.24) is 0 Å². The van der Waals surface area contributed by atoms with Gasteiger partial charge in [0, 0.05) is 0 Å². The van der Waals surface area contributed by atoms with Crippen LogP contribution in [0.15, 0.2) is 0 Å². The second-order valence-electron chi connectivity index (χ2n) is 6.86. The second kappa shape index (κ2) is 1.95. The summed E-state index contributed by atoms with van der Waals surface area (Å²) in [5.74, 6) is 2.31. The molecule has 4 aliphatic rings. The zero-order chi connectivity index (χ0) is 9.60. The van der Waals surface area contributed by atoms with Crippen molar-refractivity contribution >= 4 is 0 Å². The van der Waals surface area contributed by atoms with Crippen molar-refractivity contribution in [2.75, 3.05) is 0 Å². The molecule has 0 aromatic heterocycles. The zero-order valence-electron chi connectivity index (χ0n) is 9.60. The first kappa shape index (κ1) is 8.19. The minimum Gasteiger partial charge on any atom is -0.0585 e. The molecule has 78 valence electrons. The summed E-state index contributed by atoms with van der Waals surface area (Å²) >= 11 is 0. The molecule has 0 aromatic carbocycles. The lowest BCUT2D eigenvalue weighted by Crippen LogP contribution is -2.41. The molecule has 4 aliphatic carbocycles. The van der Waals surface area contributed by atoms with E-state index >= 15 is 0 Å². The Labute approximate surface area is 87.5 Å². The lowest BCUT2D eigenvalue weighted by Gasteiger charge is -2.47. The predicted molar refractivity (Wildman–Crippen MR) is 57.9 cm³/mol. The van der Waals surface area contributed by atoms with E-state index in [0.29, 0.717) is 0 Å². The standard InChI is InChI=1S/C14H22/c1-12-8-3-4-9-14(12)11-7-5-6-10(11)13(12,14)2/h10-11H,3-9H2,1-2H3/t10-,11+,12+,13-,14-/m1/s1. The topological polar surface area (TPSA) is 0 Å². The molecule has 14 heavy (non-hydrogen) atoms. The van der Waals surface area contributed by atoms with E-state index in [4.69, 9.17) is 0 Å². The van der Waals surface area contributed by atoms with E-state index in [1.165, 1.54) is 12.8 Å². The number of hydrogen-bond donors (Lipinski definition) is 0. The van der Waals surface area contributed by atoms with E-state index < -0.39 is 0 Å². The van der Waals surface area contributed by atoms with Gasteiger partial charge in [-0.3, -0.25) is 0 Å². The van der Waals surface area contributed by atoms with Gasteiger partial charge in [-0.2, -0.15) is 0 Å². The minimum atomic E-state index is 0.786. The van der Waals surface area contributed by atoms with Crippen LogP contribution in [-0.4, -0.2) is 0 Å². The lowest BCUT2D eigenvalue weighted by atomic mass is 9.57. The first-order valence-corrected chi connectivity index (χ1v) is 6.68. The van der Waals surface area contributed by atoms with E-state index in [0.717, 1.165) is 28.1 Å². The molecule has 4 fully saturated rings. The molecule has 5 atom stereocenters. The summed E-state index contributed by atoms with van der Waals surface area (Å²) in [6.45, 7) is 5.27. The average Bonchev–Trinajstić information content (AvgIpc) is 2.57. The van der Waals surface area contributed by atoms with E-state index in [1.807, 2.05) is 0 Å². The highest BCUT2D eigenvalue weighted by molar-refractivity contribution is 5.40. The lowest BCUT2D eigenvalue weighted by molar-refractivity contribution is 0.00612. The third-order valence-electron chi connectivity index (χ3n) is 7.38. The highest BCUT2D eigenvalue weighted by Gasteiger charge is 2.93. The maximum Gasteiger partial charge on any atom is -0.0145 e. The second-order valence-corrected chi connectivity index (χ2v) is 6.86. The number of fused-ring (bicyclic) bond motifs is 3. The Morgan fingerprint density at radius 3 is 2.43 bits per heavy atom. The van der Waals surface area contributed by atoms with Crippen LogP contribution in [0, 0.1) is 28.1 Å². The molecular formula is C14H22. The molecule has 4 saturated carbocycles. The van der Waals surface area contributed by atoms with Crippen LogP contribution in [0.25, 0.3) is 0 Å². The quantitative estimate of drug-likeness (QED) is 0.541. The molecule has 0 heterocycles. The average molecular weight is 190 g/mol. The summed E-state index contributed by atoms with van der Waals surface area (Å²) in [5, 5.41) is 0. The van der Waals surface area contributed by atoms with Crippen LogP contribution in [0.2, 0.25) is 0 Å². The smallest absolute Gasteiger partial charge is 0.0145 e. The normalized spacial score (nSPS) is 69.0. The monoisotopic (exact) mass is 190 g/mol. The van der Waals surface area contributed by atoms with Crippen LogP contribution >= 0.6 is 0 Å². The van der Waals surface area contributed by atoms with Gasteiger partial charge in [-0.1, -0.05) is 33.1 Å². The van der Waals surface area contributed by atoms with E-state index in [9.17, 15) is 0 Å². The fraction of sp³-hybridized carbons (Fsp3) is 1.00. The van der Waals surface area contributed by atoms with Crippen molar-refractivity contribution in [1.29, 1.82) is 0 Å². The maximum atomic E-state index is 2.64. The van der Waals surface area contributed by atoms with Crippen molar-refractivity contribution in [3.8, 4) is 0 Å². The third kappa shape index (κ3) is 0.463. The molecule has 0 N–H and O–H groups in total. The van der Waals surface area contributed by atoms with Crippen molar-refractivity contribution in [2.45, 2.75) is 58.8 Å². The van der Waals surface area contributed by atoms with Crippen molar-refractivity contribution in [3.63, 3.8) is 0 Å². The van der Waals surface area contributed by atoms with Gasteiger partial charge in [-0.05, 0) is 53.8 Å². The molecule has 0 unspecified atom stereocenters. The summed E-state index contributed by atoms with van der Waals surface area (Å²) in [4.78, 5) is 0. The van der Waals surface area contributed by atoms with Gasteiger partial charge < -0.3 is 0 Å². The van der Waals surface area contributed by atoms with Gasteiger partial charge in [0.1, 0.15) is 0 Å². The SMILES string of the molecule is C[C@@]12CCCC[C@@]13[C@H]1CCC[C@H]1[C@]23C. The molecule has 0 aliphatic heterocycles. The van der Waals surface area contributed by atoms with Crippen molar-refractivity contribution < 1.29 is 0 Å². The minimum absolute atomic E-state index is 0.786. The van der Waals surface area contributed by atoms with Gasteiger partial charge in [-0.15, -0.1) is 0 Å². The Morgan fingerprint density at radius 1 is 0.857 bits per heavy atom. The summed E-state index contributed by atoms with van der Waals surface area (Å²) in [6.07, 6.45) is 10.9. The van der Waals surface area contributed by atoms with Crippen molar-refractivity contribution in [2.24, 2.45) is 28.1 Å². The molecule has 0 nitrogen and oxygen atoms in total. The first-order chi connectivity index (χ1) is 6.68. The van der Waals surface area contributed by atoms with Crippen LogP contribution < -0.4 is 0 Å². The third-order valence-corrected chi connectivity index (χ3v) is 7.38. The summed E-state index contributed by atoms with van der Waals surface area (Å²) < 4.78 is 0. The van der Waals surface area contributed by atoms with Gasteiger partial charge in [0.15, 0.2) is 0 Å². The van der Waals surface area contributed by atoms with Gasteiger partial charge in [0.05, 0.1) is 0 Å². The number of hydrogen-bond acceptors (Lipinski definition) is 0. The molecule has 0 bridgehead atoms. The highest BCUT2D eigenvalue weighted by Crippen LogP contribution is 2.98. The van der Waals surface area contributed by atoms with E-state index in [1.54, 1.807) is 32.1 Å². The molecule has 0 heteroatoms. The van der Waals surface area contributed by atoms with Gasteiger partial charge in [-0.25, -0.2) is 0 Å². The van der Waals surface area contributed by atoms with Gasteiger partial charge >= 0.3 is 0 Å². The molecular weight excluding hydrogens is 168 g/mol. The Morgan fingerprint density at radius 2 is 1.57 bits per heavy atom. The van der Waals surface area contributed by atoms with Crippen LogP contribution in [0.5, 0.6) is 0 Å². The van der Waals surface area contributed by atoms with Crippen molar-refractivity contribution in [3.05, 3.63) is 0 Å². The fourth-order valence-electron chi connectivity index (χ4n) is 6.91. The Balaban J connectivity index is 1.82. The van der Waals surface area contributed by atoms with Gasteiger partial charge in [0.25, 0.3) is 0 Å². The van der Waals surface area contributed by atoms with Crippen LogP contribution in [0.3, 0.4) is 0 Å². The van der Waals surface area contributed by atoms with Crippen LogP contribution in [-0.2, 0) is 0 Å². The maximum absolute atomic E-state index is 2.64. The fourth-order valence-corrected chi connectivity index (χ4v) is 6.91. The molecule has 4 rings (SSSR count). The van der Waals surface area contributed by atoms with Crippen LogP contribution in [0.4, 0.5) is 0 Å². The first-order valence-electron chi connectivity index (χ1n) is 6.68. The van der Waals surface area contributed by atoms with E-state index in [-0.39, 0.29) is 0 Å². The predicted octanol–water partition coefficient (Wildman–Crippen LogP) is 4.00. The summed E-state index contributed by atoms with van der Waals surface area (Å²) in [6, 6.07) is 0. The molecule has 1 spiro atoms. The largest absolute Gasteiger partial charge is 0.0585 e. The Hall–Kier alpha value is 0. The number of rotatable bonds is 0. The molecule has 0 amide bonds. The summed E-state index contributed by atoms with van der Waals surface area (Å²) in [7, 11) is 0. The molecule has 0 radical (unpaired) electrons. The Bertz CT molecular complexity index is 307. The van der Waals surface area contributed by atoms with Gasteiger partial charge in [0.2, 0.25) is 0 Å². The molecule has 0 aromatic rings. The zero-order valence-corrected chi connectivity index (χ0v) is 9.60. The van der Waals surface area contributed by atoms with Crippen LogP contribution in [0.1, 0.15) is 58.8 Å². The summed E-state index contributed by atoms with van der Waals surface area (Å²) in [5.41, 5.74) is 2.45. The highest BCUT2D eigenvalue weighted by atomic mass is 15.0. The van der Waals surface area contributed by atoms with E-state index in [2.05, 4.69) is 13.8 Å². The Kier molecular flexibility index (Phi) is 1.14.